The molecule has 3 nitrogen and oxygen atoms in total. The first-order chi connectivity index (χ1) is 8.08. The average Bonchev–Trinajstić information content (AvgIpc) is 2.76. The monoisotopic (exact) mass is 258 g/mol. The van der Waals surface area contributed by atoms with Crippen LogP contribution in [0, 0.1) is 11.6 Å². The largest absolute Gasteiger partial charge is 0.396 e. The summed E-state index contributed by atoms with van der Waals surface area (Å²) >= 11 is 1.72. The Bertz CT molecular complexity index is 447. The Morgan fingerprint density at radius 1 is 1.47 bits per heavy atom. The van der Waals surface area contributed by atoms with E-state index in [-0.39, 0.29) is 17.3 Å². The number of carbonyl (C=O) groups excluding carboxylic acids is 1. The lowest BCUT2D eigenvalue weighted by Crippen LogP contribution is -2.35. The van der Waals surface area contributed by atoms with Gasteiger partial charge in [0.05, 0.1) is 11.3 Å². The van der Waals surface area contributed by atoms with Crippen LogP contribution in [-0.4, -0.2) is 23.5 Å². The Hall–Kier alpha value is -1.30. The minimum Gasteiger partial charge on any atom is -0.396 e. The molecule has 6 heteroatoms. The second-order valence-electron chi connectivity index (χ2n) is 3.89. The van der Waals surface area contributed by atoms with Crippen LogP contribution in [0.1, 0.15) is 16.8 Å². The molecular formula is C11H12F2N2OS. The Morgan fingerprint density at radius 3 is 2.88 bits per heavy atom. The van der Waals surface area contributed by atoms with Gasteiger partial charge in [0, 0.05) is 11.8 Å². The van der Waals surface area contributed by atoms with E-state index < -0.39 is 17.5 Å². The maximum absolute atomic E-state index is 13.5. The van der Waals surface area contributed by atoms with Gasteiger partial charge in [-0.05, 0) is 24.3 Å². The van der Waals surface area contributed by atoms with Crippen molar-refractivity contribution in [3.05, 3.63) is 29.3 Å². The molecule has 0 saturated carbocycles. The van der Waals surface area contributed by atoms with Crippen LogP contribution in [-0.2, 0) is 0 Å². The maximum Gasteiger partial charge on any atom is 0.254 e. The second kappa shape index (κ2) is 4.91. The van der Waals surface area contributed by atoms with Crippen LogP contribution in [0.3, 0.4) is 0 Å². The van der Waals surface area contributed by atoms with Crippen molar-refractivity contribution < 1.29 is 13.6 Å². The van der Waals surface area contributed by atoms with E-state index in [1.165, 1.54) is 0 Å². The van der Waals surface area contributed by atoms with Gasteiger partial charge in [-0.25, -0.2) is 8.78 Å². The number of carbonyl (C=O) groups is 1. The Balaban J connectivity index is 2.18. The Morgan fingerprint density at radius 2 is 2.24 bits per heavy atom. The van der Waals surface area contributed by atoms with E-state index in [0.717, 1.165) is 30.1 Å². The summed E-state index contributed by atoms with van der Waals surface area (Å²) in [5.41, 5.74) is 4.58. The lowest BCUT2D eigenvalue weighted by Gasteiger charge is -2.12. The molecule has 1 fully saturated rings. The first-order valence-corrected chi connectivity index (χ1v) is 6.36. The minimum atomic E-state index is -0.866. The molecule has 0 radical (unpaired) electrons. The molecule has 1 aromatic carbocycles. The van der Waals surface area contributed by atoms with E-state index >= 15 is 0 Å². The third kappa shape index (κ3) is 2.69. The number of nitrogen functional groups attached to an aromatic ring is 1. The number of nitrogens with one attached hydrogen (secondary N) is 1. The fourth-order valence-corrected chi connectivity index (χ4v) is 2.84. The number of benzene rings is 1. The highest BCUT2D eigenvalue weighted by Gasteiger charge is 2.21. The van der Waals surface area contributed by atoms with Gasteiger partial charge in [0.15, 0.2) is 5.82 Å². The number of anilines is 1. The molecule has 0 spiro atoms. The Kier molecular flexibility index (Phi) is 3.51. The van der Waals surface area contributed by atoms with Crippen molar-refractivity contribution in [3.8, 4) is 0 Å². The minimum absolute atomic E-state index is 0.0244. The molecule has 1 amide bonds. The Labute approximate surface area is 102 Å². The molecule has 1 unspecified atom stereocenters. The van der Waals surface area contributed by atoms with Crippen LogP contribution in [0.25, 0.3) is 0 Å². The standard InChI is InChI=1S/C11H12F2N2OS/c12-6-3-8(10(13)9(14)4-6)11(16)15-7-1-2-17-5-7/h3-4,7H,1-2,5,14H2,(H,15,16). The van der Waals surface area contributed by atoms with E-state index in [4.69, 9.17) is 5.73 Å². The number of rotatable bonds is 2. The number of hydrogen-bond acceptors (Lipinski definition) is 3. The van der Waals surface area contributed by atoms with Crippen molar-refractivity contribution in [1.29, 1.82) is 0 Å². The third-order valence-electron chi connectivity index (χ3n) is 2.58. The molecule has 1 aliphatic heterocycles. The van der Waals surface area contributed by atoms with Gasteiger partial charge >= 0.3 is 0 Å². The van der Waals surface area contributed by atoms with E-state index in [1.807, 2.05) is 0 Å². The molecular weight excluding hydrogens is 246 g/mol. The zero-order valence-electron chi connectivity index (χ0n) is 9.00. The van der Waals surface area contributed by atoms with Crippen molar-refractivity contribution in [2.24, 2.45) is 0 Å². The van der Waals surface area contributed by atoms with Crippen molar-refractivity contribution in [2.75, 3.05) is 17.2 Å². The van der Waals surface area contributed by atoms with Crippen molar-refractivity contribution in [1.82, 2.24) is 5.32 Å². The molecule has 1 aliphatic rings. The molecule has 17 heavy (non-hydrogen) atoms. The number of halogens is 2. The van der Waals surface area contributed by atoms with Gasteiger partial charge in [0.25, 0.3) is 5.91 Å². The zero-order chi connectivity index (χ0) is 12.4. The van der Waals surface area contributed by atoms with Crippen LogP contribution in [0.5, 0.6) is 0 Å². The van der Waals surface area contributed by atoms with E-state index in [2.05, 4.69) is 5.32 Å². The van der Waals surface area contributed by atoms with Crippen LogP contribution >= 0.6 is 11.8 Å². The van der Waals surface area contributed by atoms with E-state index in [1.54, 1.807) is 11.8 Å². The van der Waals surface area contributed by atoms with E-state index in [9.17, 15) is 13.6 Å². The molecule has 1 aromatic rings. The van der Waals surface area contributed by atoms with Gasteiger partial charge in [0.2, 0.25) is 0 Å². The molecule has 92 valence electrons. The van der Waals surface area contributed by atoms with Crippen molar-refractivity contribution >= 4 is 23.4 Å². The summed E-state index contributed by atoms with van der Waals surface area (Å²) < 4.78 is 26.6. The number of thioether (sulfide) groups is 1. The summed E-state index contributed by atoms with van der Waals surface area (Å²) in [5, 5.41) is 2.67. The van der Waals surface area contributed by atoms with Crippen LogP contribution in [0.4, 0.5) is 14.5 Å². The zero-order valence-corrected chi connectivity index (χ0v) is 9.82. The highest BCUT2D eigenvalue weighted by Crippen LogP contribution is 2.20. The van der Waals surface area contributed by atoms with Gasteiger partial charge in [-0.3, -0.25) is 4.79 Å². The smallest absolute Gasteiger partial charge is 0.254 e. The number of hydrogen-bond donors (Lipinski definition) is 2. The highest BCUT2D eigenvalue weighted by molar-refractivity contribution is 7.99. The van der Waals surface area contributed by atoms with Gasteiger partial charge in [-0.1, -0.05) is 0 Å². The lowest BCUT2D eigenvalue weighted by atomic mass is 10.1. The highest BCUT2D eigenvalue weighted by atomic mass is 32.2. The van der Waals surface area contributed by atoms with Crippen molar-refractivity contribution in [3.63, 3.8) is 0 Å². The third-order valence-corrected chi connectivity index (χ3v) is 3.74. The van der Waals surface area contributed by atoms with Gasteiger partial charge in [-0.15, -0.1) is 0 Å². The predicted molar refractivity (Wildman–Crippen MR) is 64.0 cm³/mol. The molecule has 0 aliphatic carbocycles. The fraction of sp³-hybridized carbons (Fsp3) is 0.364. The summed E-state index contributed by atoms with van der Waals surface area (Å²) in [6.45, 7) is 0. The molecule has 0 aromatic heterocycles. The lowest BCUT2D eigenvalue weighted by molar-refractivity contribution is 0.0936. The maximum atomic E-state index is 13.5. The number of nitrogens with two attached hydrogens (primary N) is 1. The predicted octanol–water partition coefficient (Wildman–Crippen LogP) is 1.78. The fourth-order valence-electron chi connectivity index (χ4n) is 1.69. The topological polar surface area (TPSA) is 55.1 Å². The summed E-state index contributed by atoms with van der Waals surface area (Å²) in [7, 11) is 0. The van der Waals surface area contributed by atoms with Gasteiger partial charge in [-0.2, -0.15) is 11.8 Å². The van der Waals surface area contributed by atoms with Crippen molar-refractivity contribution in [2.45, 2.75) is 12.5 Å². The van der Waals surface area contributed by atoms with E-state index in [0.29, 0.717) is 0 Å². The average molecular weight is 258 g/mol. The molecule has 3 N–H and O–H groups in total. The first kappa shape index (κ1) is 12.2. The van der Waals surface area contributed by atoms with Crippen LogP contribution in [0.15, 0.2) is 12.1 Å². The molecule has 1 heterocycles. The van der Waals surface area contributed by atoms with Gasteiger partial charge in [0.1, 0.15) is 5.82 Å². The second-order valence-corrected chi connectivity index (χ2v) is 5.04. The SMILES string of the molecule is Nc1cc(F)cc(C(=O)NC2CCSC2)c1F. The summed E-state index contributed by atoms with van der Waals surface area (Å²) in [6, 6.07) is 1.75. The number of amides is 1. The van der Waals surface area contributed by atoms with Crippen LogP contribution in [0.2, 0.25) is 0 Å². The normalized spacial score (nSPS) is 19.3. The van der Waals surface area contributed by atoms with Gasteiger partial charge < -0.3 is 11.1 Å². The first-order valence-electron chi connectivity index (χ1n) is 5.21. The molecule has 2 rings (SSSR count). The summed E-state index contributed by atoms with van der Waals surface area (Å²) in [4.78, 5) is 11.7. The molecule has 0 bridgehead atoms. The summed E-state index contributed by atoms with van der Waals surface area (Å²) in [6.07, 6.45) is 0.850. The molecule has 1 saturated heterocycles. The quantitative estimate of drug-likeness (QED) is 0.795. The molecule has 1 atom stereocenters. The summed E-state index contributed by atoms with van der Waals surface area (Å²) in [5.74, 6) is -0.415. The van der Waals surface area contributed by atoms with Crippen LogP contribution < -0.4 is 11.1 Å².